The van der Waals surface area contributed by atoms with Gasteiger partial charge in [0.1, 0.15) is 11.3 Å². The number of aliphatic carboxylic acids is 1. The number of aryl methyl sites for hydroxylation is 1. The summed E-state index contributed by atoms with van der Waals surface area (Å²) in [4.78, 5) is 22.6. The summed E-state index contributed by atoms with van der Waals surface area (Å²) in [5, 5.41) is 9.74. The summed E-state index contributed by atoms with van der Waals surface area (Å²) in [5.41, 5.74) is 1.97. The molecule has 0 amide bonds. The highest BCUT2D eigenvalue weighted by Crippen LogP contribution is 2.29. The van der Waals surface area contributed by atoms with Crippen LogP contribution in [0.5, 0.6) is 5.75 Å². The van der Waals surface area contributed by atoms with Gasteiger partial charge in [0.2, 0.25) is 0 Å². The zero-order chi connectivity index (χ0) is 14.3. The number of carboxylic acid groups (broad SMARTS) is 1. The smallest absolute Gasteiger partial charge is 0.344 e. The van der Waals surface area contributed by atoms with E-state index in [0.29, 0.717) is 11.3 Å². The summed E-state index contributed by atoms with van der Waals surface area (Å²) < 4.78 is 10.6. The molecule has 1 heterocycles. The molecule has 0 radical (unpaired) electrons. The van der Waals surface area contributed by atoms with Crippen molar-refractivity contribution in [3.05, 3.63) is 39.7 Å². The van der Waals surface area contributed by atoms with Crippen molar-refractivity contribution in [2.24, 2.45) is 0 Å². The molecule has 1 atom stereocenters. The van der Waals surface area contributed by atoms with Crippen molar-refractivity contribution >= 4 is 16.9 Å². The van der Waals surface area contributed by atoms with E-state index in [9.17, 15) is 9.59 Å². The third-order valence-corrected chi connectivity index (χ3v) is 3.61. The predicted octanol–water partition coefficient (Wildman–Crippen LogP) is 2.13. The maximum Gasteiger partial charge on any atom is 0.344 e. The van der Waals surface area contributed by atoms with Crippen LogP contribution in [0.4, 0.5) is 0 Å². The Balaban J connectivity index is 2.06. The van der Waals surface area contributed by atoms with Crippen molar-refractivity contribution in [2.75, 3.05) is 0 Å². The van der Waals surface area contributed by atoms with Crippen molar-refractivity contribution in [3.63, 3.8) is 0 Å². The Kier molecular flexibility index (Phi) is 2.97. The number of hydrogen-bond donors (Lipinski definition) is 1. The molecule has 1 aromatic heterocycles. The van der Waals surface area contributed by atoms with E-state index in [4.69, 9.17) is 14.3 Å². The highest BCUT2D eigenvalue weighted by molar-refractivity contribution is 5.83. The van der Waals surface area contributed by atoms with E-state index in [2.05, 4.69) is 0 Å². The van der Waals surface area contributed by atoms with E-state index in [-0.39, 0.29) is 5.63 Å². The fourth-order valence-corrected chi connectivity index (χ4v) is 2.59. The van der Waals surface area contributed by atoms with Crippen LogP contribution in [-0.2, 0) is 17.6 Å². The van der Waals surface area contributed by atoms with Crippen LogP contribution in [-0.4, -0.2) is 17.2 Å². The molecule has 1 N–H and O–H groups in total. The zero-order valence-electron chi connectivity index (χ0n) is 11.0. The van der Waals surface area contributed by atoms with Crippen LogP contribution in [0, 0.1) is 0 Å². The molecule has 0 saturated carbocycles. The number of carboxylic acids is 1. The summed E-state index contributed by atoms with van der Waals surface area (Å²) in [7, 11) is 0. The maximum absolute atomic E-state index is 11.9. The van der Waals surface area contributed by atoms with Crippen LogP contribution >= 0.6 is 0 Å². The predicted molar refractivity (Wildman–Crippen MR) is 72.2 cm³/mol. The van der Waals surface area contributed by atoms with Crippen LogP contribution in [0.3, 0.4) is 0 Å². The van der Waals surface area contributed by atoms with E-state index >= 15 is 0 Å². The molecular formula is C15H14O5. The van der Waals surface area contributed by atoms with E-state index in [1.165, 1.54) is 6.92 Å². The van der Waals surface area contributed by atoms with Crippen molar-refractivity contribution in [2.45, 2.75) is 32.3 Å². The lowest BCUT2D eigenvalue weighted by Gasteiger charge is -2.11. The Bertz CT molecular complexity index is 744. The summed E-state index contributed by atoms with van der Waals surface area (Å²) in [5.74, 6) is -0.658. The lowest BCUT2D eigenvalue weighted by molar-refractivity contribution is -0.144. The number of rotatable bonds is 3. The lowest BCUT2D eigenvalue weighted by atomic mass is 10.1. The third kappa shape index (κ3) is 2.05. The van der Waals surface area contributed by atoms with Gasteiger partial charge in [-0.25, -0.2) is 9.59 Å². The van der Waals surface area contributed by atoms with E-state index in [1.807, 2.05) is 6.07 Å². The Hall–Kier alpha value is -2.30. The highest BCUT2D eigenvalue weighted by atomic mass is 16.5. The number of hydrogen-bond acceptors (Lipinski definition) is 4. The fraction of sp³-hybridized carbons (Fsp3) is 0.333. The molecule has 1 aliphatic rings. The highest BCUT2D eigenvalue weighted by Gasteiger charge is 2.20. The minimum absolute atomic E-state index is 0.298. The fourth-order valence-electron chi connectivity index (χ4n) is 2.59. The monoisotopic (exact) mass is 274 g/mol. The van der Waals surface area contributed by atoms with Crippen molar-refractivity contribution < 1.29 is 19.1 Å². The minimum Gasteiger partial charge on any atom is -0.479 e. The Morgan fingerprint density at radius 1 is 1.35 bits per heavy atom. The second-order valence-corrected chi connectivity index (χ2v) is 4.96. The van der Waals surface area contributed by atoms with E-state index < -0.39 is 12.1 Å². The van der Waals surface area contributed by atoms with Gasteiger partial charge in [-0.15, -0.1) is 0 Å². The summed E-state index contributed by atoms with van der Waals surface area (Å²) in [6.07, 6.45) is 1.66. The van der Waals surface area contributed by atoms with Gasteiger partial charge >= 0.3 is 11.6 Å². The first kappa shape index (κ1) is 12.7. The molecule has 0 fully saturated rings. The third-order valence-electron chi connectivity index (χ3n) is 3.61. The van der Waals surface area contributed by atoms with Crippen molar-refractivity contribution in [3.8, 4) is 5.75 Å². The summed E-state index contributed by atoms with van der Waals surface area (Å²) >= 11 is 0. The molecular weight excluding hydrogens is 260 g/mol. The summed E-state index contributed by atoms with van der Waals surface area (Å²) in [6.45, 7) is 1.45. The minimum atomic E-state index is -1.04. The van der Waals surface area contributed by atoms with Gasteiger partial charge in [0, 0.05) is 17.0 Å². The molecule has 20 heavy (non-hydrogen) atoms. The van der Waals surface area contributed by atoms with Gasteiger partial charge in [-0.2, -0.15) is 0 Å². The van der Waals surface area contributed by atoms with E-state index in [1.54, 1.807) is 12.1 Å². The Morgan fingerprint density at radius 2 is 2.10 bits per heavy atom. The molecule has 2 aromatic rings. The SMILES string of the molecule is C[C@@H](Oc1ccc2c3c(c(=O)oc2c1)CCC3)C(=O)O. The second-order valence-electron chi connectivity index (χ2n) is 4.96. The molecule has 3 rings (SSSR count). The first-order valence-electron chi connectivity index (χ1n) is 6.54. The van der Waals surface area contributed by atoms with Gasteiger partial charge < -0.3 is 14.3 Å². The summed E-state index contributed by atoms with van der Waals surface area (Å²) in [6, 6.07) is 5.11. The maximum atomic E-state index is 11.9. The normalized spacial score (nSPS) is 15.1. The topological polar surface area (TPSA) is 76.7 Å². The van der Waals surface area contributed by atoms with Crippen LogP contribution in [0.25, 0.3) is 11.0 Å². The average molecular weight is 274 g/mol. The van der Waals surface area contributed by atoms with E-state index in [0.717, 1.165) is 35.8 Å². The quantitative estimate of drug-likeness (QED) is 0.868. The largest absolute Gasteiger partial charge is 0.479 e. The standard InChI is InChI=1S/C15H14O5/c1-8(14(16)17)19-9-5-6-11-10-3-2-4-12(10)15(18)20-13(11)7-9/h5-8H,2-4H2,1H3,(H,16,17)/t8-/m1/s1. The van der Waals surface area contributed by atoms with Gasteiger partial charge in [0.15, 0.2) is 6.10 Å². The average Bonchev–Trinajstić information content (AvgIpc) is 2.88. The van der Waals surface area contributed by atoms with Gasteiger partial charge in [-0.3, -0.25) is 0 Å². The van der Waals surface area contributed by atoms with Gasteiger partial charge in [0.05, 0.1) is 0 Å². The number of benzene rings is 1. The molecule has 1 aromatic carbocycles. The second kappa shape index (κ2) is 4.67. The molecule has 0 saturated heterocycles. The first-order chi connectivity index (χ1) is 9.56. The van der Waals surface area contributed by atoms with Crippen molar-refractivity contribution in [1.29, 1.82) is 0 Å². The molecule has 1 aliphatic carbocycles. The Morgan fingerprint density at radius 3 is 2.85 bits per heavy atom. The van der Waals surface area contributed by atoms with Crippen LogP contribution < -0.4 is 10.4 Å². The molecule has 104 valence electrons. The molecule has 5 heteroatoms. The number of ether oxygens (including phenoxy) is 1. The molecule has 5 nitrogen and oxygen atoms in total. The number of carbonyl (C=O) groups is 1. The number of fused-ring (bicyclic) bond motifs is 3. The molecule has 0 unspecified atom stereocenters. The van der Waals surface area contributed by atoms with Gasteiger partial charge in [-0.1, -0.05) is 0 Å². The molecule has 0 bridgehead atoms. The van der Waals surface area contributed by atoms with Crippen LogP contribution in [0.1, 0.15) is 24.5 Å². The molecule has 0 spiro atoms. The van der Waals surface area contributed by atoms with Crippen LogP contribution in [0.2, 0.25) is 0 Å². The van der Waals surface area contributed by atoms with Crippen molar-refractivity contribution in [1.82, 2.24) is 0 Å². The zero-order valence-corrected chi connectivity index (χ0v) is 11.0. The van der Waals surface area contributed by atoms with Gasteiger partial charge in [0.25, 0.3) is 0 Å². The van der Waals surface area contributed by atoms with Crippen LogP contribution in [0.15, 0.2) is 27.4 Å². The molecule has 0 aliphatic heterocycles. The lowest BCUT2D eigenvalue weighted by Crippen LogP contribution is -2.22. The Labute approximate surface area is 114 Å². The first-order valence-corrected chi connectivity index (χ1v) is 6.54. The van der Waals surface area contributed by atoms with Gasteiger partial charge in [-0.05, 0) is 43.9 Å².